The third-order valence-corrected chi connectivity index (χ3v) is 3.03. The molecular weight excluding hydrogens is 221 g/mol. The van der Waals surface area contributed by atoms with Crippen LogP contribution in [0.25, 0.3) is 0 Å². The summed E-state index contributed by atoms with van der Waals surface area (Å²) in [5.41, 5.74) is 0. The fourth-order valence-electron chi connectivity index (χ4n) is 1.94. The third kappa shape index (κ3) is 3.03. The minimum Gasteiger partial charge on any atom is -0.365 e. The van der Waals surface area contributed by atoms with Crippen molar-refractivity contribution in [1.29, 1.82) is 0 Å². The van der Waals surface area contributed by atoms with Crippen molar-refractivity contribution < 1.29 is 4.39 Å². The Kier molecular flexibility index (Phi) is 3.73. The van der Waals surface area contributed by atoms with E-state index in [1.54, 1.807) is 7.05 Å². The van der Waals surface area contributed by atoms with E-state index >= 15 is 0 Å². The molecule has 0 saturated carbocycles. The predicted molar refractivity (Wildman–Crippen MR) is 65.7 cm³/mol. The number of halogens is 1. The van der Waals surface area contributed by atoms with Gasteiger partial charge in [0.05, 0.1) is 6.20 Å². The minimum atomic E-state index is -0.400. The molecule has 1 aromatic heterocycles. The van der Waals surface area contributed by atoms with Gasteiger partial charge in [-0.2, -0.15) is 4.98 Å². The van der Waals surface area contributed by atoms with E-state index in [4.69, 9.17) is 0 Å². The standard InChI is InChI=1S/C11H18FN5/c1-13-11-14-7-9(12)10(16-11)15-8-3-5-17(2)6-4-8/h7-8H,3-6H2,1-2H3,(H2,13,14,15,16). The first-order valence-electron chi connectivity index (χ1n) is 5.84. The van der Waals surface area contributed by atoms with Crippen LogP contribution in [0.5, 0.6) is 0 Å². The summed E-state index contributed by atoms with van der Waals surface area (Å²) in [5.74, 6) is 0.323. The highest BCUT2D eigenvalue weighted by Gasteiger charge is 2.18. The van der Waals surface area contributed by atoms with Gasteiger partial charge in [-0.15, -0.1) is 0 Å². The average Bonchev–Trinajstić information content (AvgIpc) is 2.35. The molecule has 0 amide bonds. The van der Waals surface area contributed by atoms with E-state index < -0.39 is 5.82 Å². The van der Waals surface area contributed by atoms with E-state index in [2.05, 4.69) is 32.5 Å². The van der Waals surface area contributed by atoms with Gasteiger partial charge in [-0.3, -0.25) is 0 Å². The molecule has 2 rings (SSSR count). The molecule has 6 heteroatoms. The van der Waals surface area contributed by atoms with Crippen molar-refractivity contribution >= 4 is 11.8 Å². The number of piperidine rings is 1. The Labute approximate surface area is 100 Å². The smallest absolute Gasteiger partial charge is 0.224 e. The van der Waals surface area contributed by atoms with Crippen molar-refractivity contribution in [3.63, 3.8) is 0 Å². The number of aromatic nitrogens is 2. The van der Waals surface area contributed by atoms with Gasteiger partial charge in [-0.25, -0.2) is 9.37 Å². The monoisotopic (exact) mass is 239 g/mol. The minimum absolute atomic E-state index is 0.291. The Bertz CT molecular complexity index is 376. The molecule has 0 aliphatic carbocycles. The largest absolute Gasteiger partial charge is 0.365 e. The highest BCUT2D eigenvalue weighted by atomic mass is 19.1. The first-order valence-corrected chi connectivity index (χ1v) is 5.84. The fourth-order valence-corrected chi connectivity index (χ4v) is 1.94. The number of nitrogens with one attached hydrogen (secondary N) is 2. The zero-order valence-corrected chi connectivity index (χ0v) is 10.2. The summed E-state index contributed by atoms with van der Waals surface area (Å²) in [6, 6.07) is 0.292. The molecule has 1 aromatic rings. The van der Waals surface area contributed by atoms with Crippen LogP contribution in [0.1, 0.15) is 12.8 Å². The van der Waals surface area contributed by atoms with Crippen molar-refractivity contribution in [3.05, 3.63) is 12.0 Å². The number of hydrogen-bond donors (Lipinski definition) is 2. The second kappa shape index (κ2) is 5.27. The predicted octanol–water partition coefficient (Wildman–Crippen LogP) is 1.16. The third-order valence-electron chi connectivity index (χ3n) is 3.03. The van der Waals surface area contributed by atoms with Gasteiger partial charge in [0, 0.05) is 13.1 Å². The molecule has 0 unspecified atom stereocenters. The van der Waals surface area contributed by atoms with Gasteiger partial charge in [-0.1, -0.05) is 0 Å². The van der Waals surface area contributed by atoms with E-state index in [9.17, 15) is 4.39 Å². The lowest BCUT2D eigenvalue weighted by molar-refractivity contribution is 0.263. The van der Waals surface area contributed by atoms with Gasteiger partial charge >= 0.3 is 0 Å². The average molecular weight is 239 g/mol. The topological polar surface area (TPSA) is 53.1 Å². The molecule has 1 fully saturated rings. The highest BCUT2D eigenvalue weighted by molar-refractivity contribution is 5.41. The summed E-state index contributed by atoms with van der Waals surface area (Å²) in [5, 5.41) is 5.95. The zero-order valence-electron chi connectivity index (χ0n) is 10.2. The lowest BCUT2D eigenvalue weighted by Crippen LogP contribution is -2.37. The fraction of sp³-hybridized carbons (Fsp3) is 0.636. The van der Waals surface area contributed by atoms with Crippen LogP contribution in [0.2, 0.25) is 0 Å². The summed E-state index contributed by atoms with van der Waals surface area (Å²) < 4.78 is 13.5. The van der Waals surface area contributed by atoms with Gasteiger partial charge in [0.2, 0.25) is 5.95 Å². The summed E-state index contributed by atoms with van der Waals surface area (Å²) >= 11 is 0. The number of likely N-dealkylation sites (tertiary alicyclic amines) is 1. The molecule has 17 heavy (non-hydrogen) atoms. The summed E-state index contributed by atoms with van der Waals surface area (Å²) in [6.45, 7) is 2.06. The maximum Gasteiger partial charge on any atom is 0.224 e. The highest BCUT2D eigenvalue weighted by Crippen LogP contribution is 2.17. The Morgan fingerprint density at radius 3 is 2.76 bits per heavy atom. The SMILES string of the molecule is CNc1ncc(F)c(NC2CCN(C)CC2)n1. The molecule has 0 radical (unpaired) electrons. The molecule has 0 bridgehead atoms. The maximum absolute atomic E-state index is 13.5. The Hall–Kier alpha value is -1.43. The van der Waals surface area contributed by atoms with E-state index in [1.807, 2.05) is 0 Å². The molecule has 1 aliphatic heterocycles. The Morgan fingerprint density at radius 2 is 2.12 bits per heavy atom. The van der Waals surface area contributed by atoms with E-state index in [1.165, 1.54) is 6.20 Å². The van der Waals surface area contributed by atoms with Crippen molar-refractivity contribution in [2.75, 3.05) is 37.8 Å². The van der Waals surface area contributed by atoms with Crippen molar-refractivity contribution in [3.8, 4) is 0 Å². The molecule has 0 atom stereocenters. The van der Waals surface area contributed by atoms with Crippen molar-refractivity contribution in [2.45, 2.75) is 18.9 Å². The lowest BCUT2D eigenvalue weighted by Gasteiger charge is -2.29. The van der Waals surface area contributed by atoms with E-state index in [-0.39, 0.29) is 0 Å². The molecular formula is C11H18FN5. The van der Waals surface area contributed by atoms with Gasteiger partial charge < -0.3 is 15.5 Å². The van der Waals surface area contributed by atoms with E-state index in [0.717, 1.165) is 25.9 Å². The van der Waals surface area contributed by atoms with Gasteiger partial charge in [0.1, 0.15) is 0 Å². The van der Waals surface area contributed by atoms with Crippen LogP contribution in [0.15, 0.2) is 6.20 Å². The van der Waals surface area contributed by atoms with Gasteiger partial charge in [0.25, 0.3) is 0 Å². The molecule has 0 spiro atoms. The van der Waals surface area contributed by atoms with Crippen LogP contribution < -0.4 is 10.6 Å². The van der Waals surface area contributed by atoms with E-state index in [0.29, 0.717) is 17.8 Å². The van der Waals surface area contributed by atoms with Crippen molar-refractivity contribution in [1.82, 2.24) is 14.9 Å². The zero-order chi connectivity index (χ0) is 12.3. The molecule has 2 N–H and O–H groups in total. The number of hydrogen-bond acceptors (Lipinski definition) is 5. The van der Waals surface area contributed by atoms with Crippen LogP contribution in [-0.2, 0) is 0 Å². The molecule has 0 aromatic carbocycles. The Morgan fingerprint density at radius 1 is 1.41 bits per heavy atom. The Balaban J connectivity index is 2.02. The summed E-state index contributed by atoms with van der Waals surface area (Å²) in [4.78, 5) is 10.2. The van der Waals surface area contributed by atoms with Crippen molar-refractivity contribution in [2.24, 2.45) is 0 Å². The second-order valence-electron chi connectivity index (χ2n) is 4.36. The number of rotatable bonds is 3. The molecule has 1 saturated heterocycles. The lowest BCUT2D eigenvalue weighted by atomic mass is 10.1. The molecule has 1 aliphatic rings. The summed E-state index contributed by atoms with van der Waals surface area (Å²) in [7, 11) is 3.81. The first kappa shape index (κ1) is 12.0. The van der Waals surface area contributed by atoms with Crippen LogP contribution in [0.3, 0.4) is 0 Å². The van der Waals surface area contributed by atoms with Crippen LogP contribution in [0, 0.1) is 5.82 Å². The van der Waals surface area contributed by atoms with Crippen LogP contribution in [-0.4, -0.2) is 48.1 Å². The molecule has 94 valence electrons. The normalized spacial score (nSPS) is 18.1. The maximum atomic E-state index is 13.5. The van der Waals surface area contributed by atoms with Gasteiger partial charge in [0.15, 0.2) is 11.6 Å². The van der Waals surface area contributed by atoms with Crippen LogP contribution in [0.4, 0.5) is 16.2 Å². The molecule has 5 nitrogen and oxygen atoms in total. The second-order valence-corrected chi connectivity index (χ2v) is 4.36. The summed E-state index contributed by atoms with van der Waals surface area (Å²) in [6.07, 6.45) is 3.21. The van der Waals surface area contributed by atoms with Crippen LogP contribution >= 0.6 is 0 Å². The van der Waals surface area contributed by atoms with Gasteiger partial charge in [-0.05, 0) is 33.0 Å². The first-order chi connectivity index (χ1) is 8.19. The number of anilines is 2. The quantitative estimate of drug-likeness (QED) is 0.829. The molecule has 2 heterocycles. The number of nitrogens with zero attached hydrogens (tertiary/aromatic N) is 3.